The van der Waals surface area contributed by atoms with Crippen LogP contribution in [0.25, 0.3) is 54.8 Å². The molecule has 0 amide bonds. The maximum atomic E-state index is 18.4. The van der Waals surface area contributed by atoms with Crippen LogP contribution in [0.5, 0.6) is 0 Å². The summed E-state index contributed by atoms with van der Waals surface area (Å²) in [6.07, 6.45) is 6.44. The Balaban J connectivity index is 0.000000220. The van der Waals surface area contributed by atoms with Crippen LogP contribution in [0.15, 0.2) is 169 Å². The van der Waals surface area contributed by atoms with Gasteiger partial charge in [-0.25, -0.2) is 8.78 Å². The molecule has 0 saturated carbocycles. The predicted octanol–water partition coefficient (Wildman–Crippen LogP) is 22.9. The third kappa shape index (κ3) is 14.4. The first-order valence-electron chi connectivity index (χ1n) is 32.4. The van der Waals surface area contributed by atoms with E-state index in [0.717, 1.165) is 78.7 Å². The van der Waals surface area contributed by atoms with E-state index in [-0.39, 0.29) is 66.6 Å². The number of fused-ring (bicyclic) bond motifs is 6. The van der Waals surface area contributed by atoms with Gasteiger partial charge in [-0.3, -0.25) is 0 Å². The van der Waals surface area contributed by atoms with E-state index in [1.165, 1.54) is 22.3 Å². The summed E-state index contributed by atoms with van der Waals surface area (Å²) in [5.41, 5.74) is 11.8. The van der Waals surface area contributed by atoms with Crippen molar-refractivity contribution in [3.05, 3.63) is 202 Å². The van der Waals surface area contributed by atoms with Crippen molar-refractivity contribution < 1.29 is 42.2 Å². The van der Waals surface area contributed by atoms with Gasteiger partial charge in [0.1, 0.15) is 12.2 Å². The number of benzene rings is 6. The third-order valence-corrected chi connectivity index (χ3v) is 18.1. The van der Waals surface area contributed by atoms with Crippen molar-refractivity contribution in [2.45, 2.75) is 220 Å². The topological polar surface area (TPSA) is 50.3 Å². The molecule has 2 aromatic heterocycles. The summed E-state index contributed by atoms with van der Waals surface area (Å²) >= 11 is 0.230. The molecule has 0 aliphatic heterocycles. The summed E-state index contributed by atoms with van der Waals surface area (Å²) in [5.74, 6) is -4.42. The SMILES string of the molecule is CC(C)(C)CC(C)(C)C1=CC(F)(n2c3ccc(C(C)(C)C)cc3c3cc(C(C)(C)C)ccc32)C(O)C(c2ccccc2)=C1.CC(C)(C)CC(C)(C)C1=CC(F)(n2c3ccc(C(C)(C)C)cc3c3cc(C(C)(C)C)ccc32)C(O)C(c2ccccc2)=C1.[CH3][Zr][CH3]. The van der Waals surface area contributed by atoms with Crippen molar-refractivity contribution in [2.24, 2.45) is 21.7 Å². The average molecular weight is 1280 g/mol. The van der Waals surface area contributed by atoms with E-state index >= 15 is 8.78 Å². The first-order chi connectivity index (χ1) is 40.9. The number of aliphatic hydroxyl groups is 2. The van der Waals surface area contributed by atoms with Gasteiger partial charge < -0.3 is 19.3 Å². The number of aliphatic hydroxyl groups excluding tert-OH is 2. The van der Waals surface area contributed by atoms with Crippen LogP contribution in [0.2, 0.25) is 9.26 Å². The Labute approximate surface area is 546 Å². The second-order valence-corrected chi connectivity index (χ2v) is 36.2. The molecule has 2 aliphatic rings. The standard InChI is InChI=1S/2C40H50FNO.2CH3.Zr/c2*1-36(2,3)25-39(10,11)29-23-30(26-15-13-12-14-16-26)35(43)40(41,24-29)42-33-19-17-27(37(4,5)6)21-31(33)32-22-28(38(7,8)9)18-20-34(32)42;;;/h2*12-24,35,43H,25H2,1-11H3;2*1H3;. The van der Waals surface area contributed by atoms with Crippen LogP contribution in [-0.2, 0) is 56.5 Å². The van der Waals surface area contributed by atoms with Gasteiger partial charge in [0.15, 0.2) is 0 Å². The Morgan fingerprint density at radius 2 is 0.618 bits per heavy atom. The summed E-state index contributed by atoms with van der Waals surface area (Å²) in [5, 5.41) is 28.3. The Kier molecular flexibility index (Phi) is 19.1. The van der Waals surface area contributed by atoms with Gasteiger partial charge in [0.25, 0.3) is 0 Å². The fourth-order valence-electron chi connectivity index (χ4n) is 14.0. The fourth-order valence-corrected chi connectivity index (χ4v) is 14.0. The molecule has 474 valence electrons. The Hall–Kier alpha value is -5.46. The van der Waals surface area contributed by atoms with E-state index < -0.39 is 23.8 Å². The quantitative estimate of drug-likeness (QED) is 0.159. The van der Waals surface area contributed by atoms with E-state index in [9.17, 15) is 10.2 Å². The first-order valence-corrected chi connectivity index (χ1v) is 37.3. The van der Waals surface area contributed by atoms with Crippen LogP contribution in [0.3, 0.4) is 0 Å². The molecule has 2 aliphatic carbocycles. The molecule has 4 nitrogen and oxygen atoms in total. The van der Waals surface area contributed by atoms with Crippen LogP contribution in [0.1, 0.15) is 199 Å². The van der Waals surface area contributed by atoms with Crippen molar-refractivity contribution in [2.75, 3.05) is 0 Å². The number of hydrogen-bond acceptors (Lipinski definition) is 2. The molecule has 0 saturated heterocycles. The van der Waals surface area contributed by atoms with Crippen molar-refractivity contribution in [3.63, 3.8) is 0 Å². The van der Waals surface area contributed by atoms with Gasteiger partial charge in [-0.1, -0.05) is 249 Å². The summed E-state index contributed by atoms with van der Waals surface area (Å²) in [7, 11) is 0. The molecule has 0 bridgehead atoms. The van der Waals surface area contributed by atoms with Gasteiger partial charge in [0.2, 0.25) is 11.6 Å². The number of nitrogens with zero attached hydrogens (tertiary/aromatic N) is 2. The average Bonchev–Trinajstić information content (AvgIpc) is 1.67. The Morgan fingerprint density at radius 1 is 0.382 bits per heavy atom. The van der Waals surface area contributed by atoms with Crippen LogP contribution in [-0.4, -0.2) is 31.6 Å². The van der Waals surface area contributed by atoms with Crippen molar-refractivity contribution in [1.82, 2.24) is 9.13 Å². The van der Waals surface area contributed by atoms with E-state index in [1.54, 1.807) is 21.3 Å². The van der Waals surface area contributed by atoms with Crippen LogP contribution in [0.4, 0.5) is 8.78 Å². The Morgan fingerprint density at radius 3 is 0.831 bits per heavy atom. The van der Waals surface area contributed by atoms with Gasteiger partial charge in [0, 0.05) is 21.5 Å². The molecule has 0 fully saturated rings. The molecule has 2 heterocycles. The first kappa shape index (κ1) is 69.4. The summed E-state index contributed by atoms with van der Waals surface area (Å²) in [4.78, 5) is 0. The van der Waals surface area contributed by atoms with Crippen molar-refractivity contribution >= 4 is 54.8 Å². The number of allylic oxidation sites excluding steroid dienone is 4. The zero-order valence-corrected chi connectivity index (χ0v) is 61.1. The van der Waals surface area contributed by atoms with Gasteiger partial charge in [-0.15, -0.1) is 0 Å². The minimum atomic E-state index is -2.21. The summed E-state index contributed by atoms with van der Waals surface area (Å²) in [6, 6.07) is 45.1. The number of rotatable bonds is 8. The zero-order valence-electron chi connectivity index (χ0n) is 58.6. The molecule has 89 heavy (non-hydrogen) atoms. The van der Waals surface area contributed by atoms with Gasteiger partial charge in [0.05, 0.1) is 22.1 Å². The summed E-state index contributed by atoms with van der Waals surface area (Å²) in [6.45, 7) is 48.6. The molecular weight excluding hydrogens is 1170 g/mol. The molecular formula is C82H106F2N2O2Zr. The van der Waals surface area contributed by atoms with E-state index in [0.29, 0.717) is 11.1 Å². The fraction of sp³-hybridized carbons (Fsp3) is 0.463. The maximum absolute atomic E-state index is 18.4. The molecule has 0 radical (unpaired) electrons. The normalized spacial score (nSPS) is 19.9. The monoisotopic (exact) mass is 1280 g/mol. The van der Waals surface area contributed by atoms with Crippen LogP contribution < -0.4 is 0 Å². The molecule has 7 heteroatoms. The predicted molar refractivity (Wildman–Crippen MR) is 376 cm³/mol. The molecule has 0 spiro atoms. The van der Waals surface area contributed by atoms with E-state index in [1.807, 2.05) is 72.8 Å². The molecule has 10 rings (SSSR count). The van der Waals surface area contributed by atoms with E-state index in [2.05, 4.69) is 234 Å². The molecule has 8 aromatic rings. The number of aromatic nitrogens is 2. The molecule has 4 unspecified atom stereocenters. The number of hydrogen-bond donors (Lipinski definition) is 2. The van der Waals surface area contributed by atoms with Crippen LogP contribution >= 0.6 is 0 Å². The minimum absolute atomic E-state index is 0.0414. The van der Waals surface area contributed by atoms with Crippen molar-refractivity contribution in [1.29, 1.82) is 0 Å². The third-order valence-electron chi connectivity index (χ3n) is 18.1. The summed E-state index contributed by atoms with van der Waals surface area (Å²) < 4.78 is 44.9. The molecule has 4 atom stereocenters. The number of halogens is 2. The van der Waals surface area contributed by atoms with Gasteiger partial charge in [-0.2, -0.15) is 0 Å². The Bertz CT molecular complexity index is 3610. The van der Waals surface area contributed by atoms with Gasteiger partial charge >= 0.3 is 32.5 Å². The zero-order chi connectivity index (χ0) is 66.2. The van der Waals surface area contributed by atoms with Crippen LogP contribution in [0, 0.1) is 21.7 Å². The molecule has 6 aromatic carbocycles. The van der Waals surface area contributed by atoms with Crippen molar-refractivity contribution in [3.8, 4) is 0 Å². The second kappa shape index (κ2) is 24.5. The van der Waals surface area contributed by atoms with Gasteiger partial charge in [-0.05, 0) is 173 Å². The molecule has 2 N–H and O–H groups in total. The van der Waals surface area contributed by atoms with E-state index in [4.69, 9.17) is 0 Å². The number of alkyl halides is 2. The second-order valence-electron chi connectivity index (χ2n) is 33.7.